The molecule has 2 bridgehead atoms. The Labute approximate surface area is 62.9 Å². The second kappa shape index (κ2) is 1.37. The Bertz CT molecular complexity index is 143. The highest BCUT2D eigenvalue weighted by atomic mass is 79.9. The summed E-state index contributed by atoms with van der Waals surface area (Å²) in [5.41, 5.74) is 0. The van der Waals surface area contributed by atoms with Crippen molar-refractivity contribution in [2.75, 3.05) is 0 Å². The molecule has 50 valence electrons. The average Bonchev–Trinajstić information content (AvgIpc) is 2.53. The van der Waals surface area contributed by atoms with Crippen LogP contribution in [0, 0.1) is 11.8 Å². The van der Waals surface area contributed by atoms with Crippen molar-refractivity contribution in [2.24, 2.45) is 11.8 Å². The summed E-state index contributed by atoms with van der Waals surface area (Å²) in [5, 5.41) is 0. The van der Waals surface area contributed by atoms with E-state index in [1.807, 2.05) is 0 Å². The first-order valence-electron chi connectivity index (χ1n) is 3.67. The van der Waals surface area contributed by atoms with Crippen molar-refractivity contribution in [1.29, 1.82) is 0 Å². The number of alkyl halides is 1. The summed E-state index contributed by atoms with van der Waals surface area (Å²) in [7, 11) is 0. The number of halogens is 1. The minimum atomic E-state index is 0.674. The second-order valence-corrected chi connectivity index (χ2v) is 4.47. The van der Waals surface area contributed by atoms with Crippen LogP contribution in [-0.4, -0.2) is 17.0 Å². The van der Waals surface area contributed by atoms with E-state index in [2.05, 4.69) is 15.9 Å². The molecule has 2 saturated carbocycles. The van der Waals surface area contributed by atoms with Crippen molar-refractivity contribution in [2.45, 2.75) is 29.9 Å². The maximum atomic E-state index is 5.48. The predicted octanol–water partition coefficient (Wildman–Crippen LogP) is 1.56. The van der Waals surface area contributed by atoms with Crippen LogP contribution in [0.15, 0.2) is 0 Å². The van der Waals surface area contributed by atoms with Crippen molar-refractivity contribution in [3.8, 4) is 0 Å². The van der Waals surface area contributed by atoms with Gasteiger partial charge in [-0.1, -0.05) is 15.9 Å². The third kappa shape index (κ3) is 0.465. The molecule has 9 heavy (non-hydrogen) atoms. The van der Waals surface area contributed by atoms with Gasteiger partial charge in [-0.15, -0.1) is 0 Å². The molecule has 0 spiro atoms. The molecule has 1 heterocycles. The monoisotopic (exact) mass is 188 g/mol. The lowest BCUT2D eigenvalue weighted by molar-refractivity contribution is 0.272. The summed E-state index contributed by atoms with van der Waals surface area (Å²) in [6.45, 7) is 0. The largest absolute Gasteiger partial charge is 0.369 e. The summed E-state index contributed by atoms with van der Waals surface area (Å²) >= 11 is 3.72. The number of rotatable bonds is 0. The van der Waals surface area contributed by atoms with E-state index >= 15 is 0 Å². The molecule has 0 amide bonds. The lowest BCUT2D eigenvalue weighted by Gasteiger charge is -2.08. The minimum Gasteiger partial charge on any atom is -0.369 e. The van der Waals surface area contributed by atoms with Crippen molar-refractivity contribution in [3.05, 3.63) is 0 Å². The highest BCUT2D eigenvalue weighted by Gasteiger charge is 2.64. The van der Waals surface area contributed by atoms with Gasteiger partial charge in [0.15, 0.2) is 0 Å². The molecule has 1 aliphatic heterocycles. The second-order valence-electron chi connectivity index (χ2n) is 3.41. The molecule has 0 aromatic heterocycles. The van der Waals surface area contributed by atoms with Gasteiger partial charge in [0.05, 0.1) is 12.2 Å². The van der Waals surface area contributed by atoms with E-state index in [4.69, 9.17) is 4.74 Å². The molecule has 3 aliphatic rings. The fourth-order valence-corrected chi connectivity index (χ4v) is 3.67. The molecule has 3 rings (SSSR count). The highest BCUT2D eigenvalue weighted by Crippen LogP contribution is 2.58. The van der Waals surface area contributed by atoms with Gasteiger partial charge in [-0.3, -0.25) is 0 Å². The molecule has 0 radical (unpaired) electrons. The van der Waals surface area contributed by atoms with Gasteiger partial charge in [-0.05, 0) is 12.8 Å². The van der Waals surface area contributed by atoms with Crippen LogP contribution < -0.4 is 0 Å². The molecule has 0 N–H and O–H groups in total. The number of epoxide rings is 1. The van der Waals surface area contributed by atoms with Crippen LogP contribution >= 0.6 is 15.9 Å². The van der Waals surface area contributed by atoms with E-state index in [1.54, 1.807) is 0 Å². The zero-order valence-corrected chi connectivity index (χ0v) is 6.67. The van der Waals surface area contributed by atoms with Gasteiger partial charge < -0.3 is 4.74 Å². The van der Waals surface area contributed by atoms with Crippen LogP contribution in [-0.2, 0) is 4.74 Å². The van der Waals surface area contributed by atoms with Crippen LogP contribution in [0.1, 0.15) is 12.8 Å². The number of hydrogen-bond donors (Lipinski definition) is 0. The summed E-state index contributed by atoms with van der Waals surface area (Å²) in [6.07, 6.45) is 4.16. The van der Waals surface area contributed by atoms with Crippen LogP contribution in [0.3, 0.4) is 0 Å². The van der Waals surface area contributed by atoms with Crippen LogP contribution in [0.5, 0.6) is 0 Å². The van der Waals surface area contributed by atoms with E-state index in [0.29, 0.717) is 12.2 Å². The topological polar surface area (TPSA) is 12.5 Å². The Morgan fingerprint density at radius 1 is 1.11 bits per heavy atom. The molecule has 1 saturated heterocycles. The Hall–Kier alpha value is 0.440. The van der Waals surface area contributed by atoms with Crippen molar-refractivity contribution >= 4 is 15.9 Å². The van der Waals surface area contributed by atoms with Gasteiger partial charge in [0, 0.05) is 16.7 Å². The van der Waals surface area contributed by atoms with Crippen LogP contribution in [0.2, 0.25) is 0 Å². The Balaban J connectivity index is 2.00. The molecule has 3 fully saturated rings. The molecule has 2 heteroatoms. The van der Waals surface area contributed by atoms with Crippen molar-refractivity contribution in [3.63, 3.8) is 0 Å². The third-order valence-corrected chi connectivity index (χ3v) is 4.41. The van der Waals surface area contributed by atoms with E-state index in [1.165, 1.54) is 12.8 Å². The smallest absolute Gasteiger partial charge is 0.0884 e. The molecule has 2 aliphatic carbocycles. The lowest BCUT2D eigenvalue weighted by atomic mass is 10.0. The van der Waals surface area contributed by atoms with Crippen molar-refractivity contribution < 1.29 is 4.74 Å². The van der Waals surface area contributed by atoms with Crippen LogP contribution in [0.25, 0.3) is 0 Å². The van der Waals surface area contributed by atoms with Crippen molar-refractivity contribution in [1.82, 2.24) is 0 Å². The zero-order chi connectivity index (χ0) is 6.01. The van der Waals surface area contributed by atoms with Gasteiger partial charge >= 0.3 is 0 Å². The predicted molar refractivity (Wildman–Crippen MR) is 37.6 cm³/mol. The Morgan fingerprint density at radius 2 is 1.67 bits per heavy atom. The van der Waals surface area contributed by atoms with Gasteiger partial charge in [0.1, 0.15) is 0 Å². The van der Waals surface area contributed by atoms with Gasteiger partial charge in [-0.25, -0.2) is 0 Å². The first-order valence-corrected chi connectivity index (χ1v) is 4.59. The summed E-state index contributed by atoms with van der Waals surface area (Å²) < 4.78 is 5.48. The average molecular weight is 189 g/mol. The Kier molecular flexibility index (Phi) is 0.784. The number of ether oxygens (including phenoxy) is 1. The van der Waals surface area contributed by atoms with Gasteiger partial charge in [0.25, 0.3) is 0 Å². The molecular formula is C7H9BrO. The van der Waals surface area contributed by atoms with E-state index in [0.717, 1.165) is 16.7 Å². The maximum absolute atomic E-state index is 5.48. The van der Waals surface area contributed by atoms with E-state index in [9.17, 15) is 0 Å². The Morgan fingerprint density at radius 3 is 2.00 bits per heavy atom. The lowest BCUT2D eigenvalue weighted by Crippen LogP contribution is -2.11. The summed E-state index contributed by atoms with van der Waals surface area (Å²) in [6, 6.07) is 0. The standard InChI is InChI=1S/C7H9BrO/c8-5-3-1-2-4(5)7-6(3)9-7/h3-7H,1-2H2/t3-,4+,5?,6-,7+. The number of fused-ring (bicyclic) bond motifs is 5. The molecular weight excluding hydrogens is 180 g/mol. The molecule has 0 aromatic rings. The maximum Gasteiger partial charge on any atom is 0.0884 e. The number of hydrogen-bond acceptors (Lipinski definition) is 1. The molecule has 1 unspecified atom stereocenters. The third-order valence-electron chi connectivity index (χ3n) is 3.06. The minimum absolute atomic E-state index is 0.674. The first-order chi connectivity index (χ1) is 4.38. The molecule has 1 nitrogen and oxygen atoms in total. The normalized spacial score (nSPS) is 68.3. The summed E-state index contributed by atoms with van der Waals surface area (Å²) in [5.74, 6) is 1.75. The fourth-order valence-electron chi connectivity index (χ4n) is 2.54. The SMILES string of the molecule is BrC1[C@H]2CC[C@@H]1[C@@H]1O[C@@H]12. The van der Waals surface area contributed by atoms with Crippen LogP contribution in [0.4, 0.5) is 0 Å². The quantitative estimate of drug-likeness (QED) is 0.416. The zero-order valence-electron chi connectivity index (χ0n) is 5.09. The van der Waals surface area contributed by atoms with Gasteiger partial charge in [-0.2, -0.15) is 0 Å². The fraction of sp³-hybridized carbons (Fsp3) is 1.00. The van der Waals surface area contributed by atoms with E-state index < -0.39 is 0 Å². The first kappa shape index (κ1) is 5.14. The van der Waals surface area contributed by atoms with E-state index in [-0.39, 0.29) is 0 Å². The summed E-state index contributed by atoms with van der Waals surface area (Å²) in [4.78, 5) is 0.807. The molecule has 0 aromatic carbocycles. The molecule has 5 atom stereocenters. The van der Waals surface area contributed by atoms with Gasteiger partial charge in [0.2, 0.25) is 0 Å². The highest BCUT2D eigenvalue weighted by molar-refractivity contribution is 9.09.